The van der Waals surface area contributed by atoms with Gasteiger partial charge in [-0.05, 0) is 55.7 Å². The van der Waals surface area contributed by atoms with Gasteiger partial charge in [-0.2, -0.15) is 0 Å². The highest BCUT2D eigenvalue weighted by atomic mass is 16.6. The summed E-state index contributed by atoms with van der Waals surface area (Å²) in [4.78, 5) is 36.1. The highest BCUT2D eigenvalue weighted by Crippen LogP contribution is 2.21. The number of amides is 3. The average Bonchev–Trinajstić information content (AvgIpc) is 2.97. The van der Waals surface area contributed by atoms with Crippen molar-refractivity contribution in [2.45, 2.75) is 130 Å². The highest BCUT2D eigenvalue weighted by molar-refractivity contribution is 5.92. The Hall–Kier alpha value is -3.35. The van der Waals surface area contributed by atoms with Crippen LogP contribution < -0.4 is 20.7 Å². The van der Waals surface area contributed by atoms with Crippen molar-refractivity contribution in [2.24, 2.45) is 0 Å². The van der Waals surface area contributed by atoms with E-state index in [0.717, 1.165) is 24.0 Å². The van der Waals surface area contributed by atoms with Crippen LogP contribution >= 0.6 is 0 Å². The molecule has 0 aliphatic carbocycles. The number of hydrogen-bond donors (Lipinski definition) is 3. The summed E-state index contributed by atoms with van der Waals surface area (Å²) in [6.07, 6.45) is 20.9. The van der Waals surface area contributed by atoms with Gasteiger partial charge in [-0.1, -0.05) is 121 Å². The van der Waals surface area contributed by atoms with Gasteiger partial charge in [-0.15, -0.1) is 0 Å². The number of aryl methyl sites for hydroxylation is 1. The van der Waals surface area contributed by atoms with Gasteiger partial charge in [-0.25, -0.2) is 9.59 Å². The summed E-state index contributed by atoms with van der Waals surface area (Å²) < 4.78 is 5.36. The van der Waals surface area contributed by atoms with Gasteiger partial charge >= 0.3 is 12.1 Å². The zero-order valence-electron chi connectivity index (χ0n) is 26.9. The maximum absolute atomic E-state index is 12.4. The third-order valence-corrected chi connectivity index (χ3v) is 7.64. The number of anilines is 2. The Morgan fingerprint density at radius 1 is 0.674 bits per heavy atom. The summed E-state index contributed by atoms with van der Waals surface area (Å²) in [6.45, 7) is 6.31. The van der Waals surface area contributed by atoms with Crippen molar-refractivity contribution in [3.8, 4) is 5.75 Å². The van der Waals surface area contributed by atoms with Gasteiger partial charge < -0.3 is 15.4 Å². The second-order valence-electron chi connectivity index (χ2n) is 11.8. The van der Waals surface area contributed by atoms with Crippen molar-refractivity contribution in [1.82, 2.24) is 5.32 Å². The van der Waals surface area contributed by atoms with Crippen molar-refractivity contribution in [2.75, 3.05) is 17.2 Å². The fraction of sp³-hybridized carbons (Fsp3) is 0.583. The minimum absolute atomic E-state index is 0.0734. The largest absolute Gasteiger partial charge is 0.417 e. The first-order valence-electron chi connectivity index (χ1n) is 16.6. The summed E-state index contributed by atoms with van der Waals surface area (Å²) >= 11 is 0. The summed E-state index contributed by atoms with van der Waals surface area (Å²) in [7, 11) is 0. The van der Waals surface area contributed by atoms with Gasteiger partial charge in [0.25, 0.3) is 0 Å². The summed E-state index contributed by atoms with van der Waals surface area (Å²) in [5, 5.41) is 8.50. The molecule has 2 rings (SSSR count). The van der Waals surface area contributed by atoms with Gasteiger partial charge in [0.15, 0.2) is 0 Å². The van der Waals surface area contributed by atoms with E-state index in [1.54, 1.807) is 36.4 Å². The molecule has 0 aromatic heterocycles. The average molecular weight is 594 g/mol. The van der Waals surface area contributed by atoms with E-state index in [-0.39, 0.29) is 11.8 Å². The lowest BCUT2D eigenvalue weighted by Crippen LogP contribution is -2.29. The molecule has 2 aromatic carbocycles. The molecule has 0 heterocycles. The van der Waals surface area contributed by atoms with Gasteiger partial charge in [0.2, 0.25) is 0 Å². The van der Waals surface area contributed by atoms with Crippen molar-refractivity contribution in [3.63, 3.8) is 0 Å². The molecule has 0 bridgehead atoms. The Morgan fingerprint density at radius 3 is 1.74 bits per heavy atom. The Labute approximate surface area is 259 Å². The molecule has 7 nitrogen and oxygen atoms in total. The monoisotopic (exact) mass is 593 g/mol. The first-order valence-corrected chi connectivity index (χ1v) is 16.6. The Bertz CT molecular complexity index is 1080. The molecule has 238 valence electrons. The lowest BCUT2D eigenvalue weighted by molar-refractivity contribution is -0.116. The van der Waals surface area contributed by atoms with Crippen LogP contribution in [0.2, 0.25) is 0 Å². The van der Waals surface area contributed by atoms with Crippen LogP contribution in [0.15, 0.2) is 42.5 Å². The Kier molecular flexibility index (Phi) is 18.5. The highest BCUT2D eigenvalue weighted by Gasteiger charge is 2.10. The fourth-order valence-electron chi connectivity index (χ4n) is 5.09. The summed E-state index contributed by atoms with van der Waals surface area (Å²) in [5.41, 5.74) is 2.84. The quantitative estimate of drug-likeness (QED) is 0.118. The van der Waals surface area contributed by atoms with Crippen molar-refractivity contribution < 1.29 is 19.1 Å². The number of rotatable bonds is 22. The van der Waals surface area contributed by atoms with Crippen LogP contribution in [0.3, 0.4) is 0 Å². The van der Waals surface area contributed by atoms with Crippen LogP contribution in [0.4, 0.5) is 21.0 Å². The molecule has 0 aliphatic rings. The zero-order chi connectivity index (χ0) is 31.1. The maximum atomic E-state index is 12.4. The molecule has 0 spiro atoms. The first kappa shape index (κ1) is 35.8. The van der Waals surface area contributed by atoms with Crippen molar-refractivity contribution in [3.05, 3.63) is 53.6 Å². The second kappa shape index (κ2) is 22.2. The Morgan fingerprint density at radius 2 is 1.21 bits per heavy atom. The molecule has 0 unspecified atom stereocenters. The molecule has 0 radical (unpaired) electrons. The van der Waals surface area contributed by atoms with E-state index >= 15 is 0 Å². The van der Waals surface area contributed by atoms with Crippen LogP contribution in [0.1, 0.15) is 128 Å². The second-order valence-corrected chi connectivity index (χ2v) is 11.8. The molecule has 0 saturated heterocycles. The number of ether oxygens (including phenoxy) is 1. The van der Waals surface area contributed by atoms with Gasteiger partial charge in [0, 0.05) is 24.3 Å². The molecule has 0 saturated carbocycles. The summed E-state index contributed by atoms with van der Waals surface area (Å²) in [6, 6.07) is 11.9. The maximum Gasteiger partial charge on any atom is 0.417 e. The van der Waals surface area contributed by atoms with Crippen LogP contribution in [-0.4, -0.2) is 24.5 Å². The Balaban J connectivity index is 1.53. The fourth-order valence-corrected chi connectivity index (χ4v) is 5.09. The van der Waals surface area contributed by atoms with E-state index in [2.05, 4.69) is 22.9 Å². The molecule has 7 heteroatoms. The van der Waals surface area contributed by atoms with E-state index in [9.17, 15) is 14.4 Å². The normalized spacial score (nSPS) is 10.8. The van der Waals surface area contributed by atoms with Crippen LogP contribution in [0.25, 0.3) is 0 Å². The number of hydrogen-bond acceptors (Lipinski definition) is 4. The number of carbonyl (C=O) groups is 3. The molecule has 43 heavy (non-hydrogen) atoms. The van der Waals surface area contributed by atoms with Crippen LogP contribution in [0.5, 0.6) is 5.75 Å². The lowest BCUT2D eigenvalue weighted by atomic mass is 10.0. The molecule has 0 fully saturated rings. The number of carbonyl (C=O) groups excluding carboxylic acids is 3. The topological polar surface area (TPSA) is 96.5 Å². The molecular formula is C36H55N3O4. The zero-order valence-corrected chi connectivity index (χ0v) is 26.9. The van der Waals surface area contributed by atoms with E-state index in [1.165, 1.54) is 96.8 Å². The number of nitrogens with one attached hydrogen (secondary N) is 3. The standard InChI is InChI=1S/C36H55N3O4/c1-4-5-6-7-8-9-10-11-12-13-14-15-16-17-18-19-26-37-35(41)38-32-23-20-29(2)34(28-32)39-36(42)43-33-24-21-31(22-25-33)27-30(3)40/h20-25,28H,4-19,26-27H2,1-3H3,(H,39,42)(H2,37,38,41). The van der Waals surface area contributed by atoms with Crippen LogP contribution in [-0.2, 0) is 11.2 Å². The number of benzene rings is 2. The molecule has 0 atom stereocenters. The van der Waals surface area contributed by atoms with Crippen molar-refractivity contribution in [1.29, 1.82) is 0 Å². The van der Waals surface area contributed by atoms with E-state index in [4.69, 9.17) is 4.74 Å². The lowest BCUT2D eigenvalue weighted by Gasteiger charge is -2.12. The molecule has 3 amide bonds. The number of Topliss-reactive ketones (excluding diaryl/α,β-unsaturated/α-hetero) is 1. The molecule has 0 aliphatic heterocycles. The molecule has 3 N–H and O–H groups in total. The van der Waals surface area contributed by atoms with E-state index in [1.807, 2.05) is 13.0 Å². The van der Waals surface area contributed by atoms with Gasteiger partial charge in [0.1, 0.15) is 11.5 Å². The summed E-state index contributed by atoms with van der Waals surface area (Å²) in [5.74, 6) is 0.453. The number of unbranched alkanes of at least 4 members (excludes halogenated alkanes) is 15. The molecule has 2 aromatic rings. The SMILES string of the molecule is CCCCCCCCCCCCCCCCCCNC(=O)Nc1ccc(C)c(NC(=O)Oc2ccc(CC(C)=O)cc2)c1. The minimum atomic E-state index is -0.632. The van der Waals surface area contributed by atoms with Gasteiger partial charge in [0.05, 0.1) is 0 Å². The first-order chi connectivity index (χ1) is 20.9. The van der Waals surface area contributed by atoms with Crippen molar-refractivity contribution >= 4 is 29.3 Å². The van der Waals surface area contributed by atoms with E-state index in [0.29, 0.717) is 30.1 Å². The third-order valence-electron chi connectivity index (χ3n) is 7.64. The molecular weight excluding hydrogens is 538 g/mol. The van der Waals surface area contributed by atoms with Gasteiger partial charge in [-0.3, -0.25) is 10.1 Å². The smallest absolute Gasteiger partial charge is 0.410 e. The minimum Gasteiger partial charge on any atom is -0.410 e. The van der Waals surface area contributed by atoms with E-state index < -0.39 is 6.09 Å². The predicted octanol–water partition coefficient (Wildman–Crippen LogP) is 10.1. The third kappa shape index (κ3) is 17.4. The predicted molar refractivity (Wildman–Crippen MR) is 178 cm³/mol. The number of ketones is 1. The van der Waals surface area contributed by atoms with Crippen LogP contribution in [0, 0.1) is 6.92 Å². The number of urea groups is 1.